The lowest BCUT2D eigenvalue weighted by Gasteiger charge is -2.43. The van der Waals surface area contributed by atoms with Crippen molar-refractivity contribution in [2.24, 2.45) is 11.3 Å². The number of nitrogens with zero attached hydrogens (tertiary/aromatic N) is 2. The van der Waals surface area contributed by atoms with Gasteiger partial charge in [0, 0.05) is 31.6 Å². The normalized spacial score (nSPS) is 21.2. The number of amides is 2. The third-order valence-corrected chi connectivity index (χ3v) is 10.8. The first kappa shape index (κ1) is 36.4. The van der Waals surface area contributed by atoms with Gasteiger partial charge in [-0.3, -0.25) is 0 Å². The maximum atomic E-state index is 14.4. The van der Waals surface area contributed by atoms with Gasteiger partial charge in [-0.15, -0.1) is 0 Å². The SMILES string of the molecule is C=C(C)OC(=O)NCCC(C)(C)CN(C[C@@H](O)[C@H](Cc1ccccc1)N(C(=O)[O-])[C@H]1CO[C@H]2OCC[C@H]21)S(=O)(=O)c1ccc2c(c1)OCO2. The number of ether oxygens (including phenoxy) is 5. The van der Waals surface area contributed by atoms with Crippen LogP contribution in [-0.2, 0) is 30.7 Å². The zero-order valence-electron chi connectivity index (χ0n) is 27.9. The van der Waals surface area contributed by atoms with Crippen molar-refractivity contribution >= 4 is 22.2 Å². The highest BCUT2D eigenvalue weighted by molar-refractivity contribution is 7.89. The van der Waals surface area contributed by atoms with Gasteiger partial charge in [0.05, 0.1) is 42.1 Å². The highest BCUT2D eigenvalue weighted by atomic mass is 32.2. The summed E-state index contributed by atoms with van der Waals surface area (Å²) in [5.41, 5.74) is 0.00482. The second kappa shape index (κ2) is 15.3. The van der Waals surface area contributed by atoms with E-state index >= 15 is 0 Å². The molecule has 3 heterocycles. The molecular formula is C34H44N3O11S-. The Kier molecular flexibility index (Phi) is 11.4. The molecule has 0 bridgehead atoms. The highest BCUT2D eigenvalue weighted by Gasteiger charge is 2.47. The van der Waals surface area contributed by atoms with E-state index in [-0.39, 0.29) is 55.2 Å². The van der Waals surface area contributed by atoms with Crippen LogP contribution in [0.1, 0.15) is 39.2 Å². The first-order valence-electron chi connectivity index (χ1n) is 16.2. The molecule has 2 aromatic carbocycles. The minimum absolute atomic E-state index is 0.0485. The fourth-order valence-corrected chi connectivity index (χ4v) is 8.20. The first-order valence-corrected chi connectivity index (χ1v) is 17.6. The van der Waals surface area contributed by atoms with Crippen LogP contribution in [0.3, 0.4) is 0 Å². The predicted molar refractivity (Wildman–Crippen MR) is 174 cm³/mol. The number of carbonyl (C=O) groups excluding carboxylic acids is 2. The Morgan fingerprint density at radius 1 is 1.14 bits per heavy atom. The minimum atomic E-state index is -4.31. The molecule has 0 saturated carbocycles. The molecule has 14 nitrogen and oxygen atoms in total. The topological polar surface area (TPSA) is 176 Å². The number of aliphatic hydroxyl groups excluding tert-OH is 1. The summed E-state index contributed by atoms with van der Waals surface area (Å²) >= 11 is 0. The molecule has 2 amide bonds. The summed E-state index contributed by atoms with van der Waals surface area (Å²) < 4.78 is 57.1. The van der Waals surface area contributed by atoms with Gasteiger partial charge < -0.3 is 48.9 Å². The summed E-state index contributed by atoms with van der Waals surface area (Å²) in [7, 11) is -4.31. The van der Waals surface area contributed by atoms with Crippen LogP contribution in [0.5, 0.6) is 11.5 Å². The van der Waals surface area contributed by atoms with E-state index in [9.17, 15) is 28.2 Å². The second-order valence-electron chi connectivity index (χ2n) is 13.3. The summed E-state index contributed by atoms with van der Waals surface area (Å²) in [6.45, 7) is 8.79. The molecule has 0 spiro atoms. The number of hydrogen-bond acceptors (Lipinski definition) is 11. The quantitative estimate of drug-likeness (QED) is 0.261. The number of fused-ring (bicyclic) bond motifs is 2. The van der Waals surface area contributed by atoms with E-state index in [0.717, 1.165) is 14.8 Å². The van der Waals surface area contributed by atoms with E-state index in [1.54, 1.807) is 19.1 Å². The van der Waals surface area contributed by atoms with Crippen LogP contribution in [0, 0.1) is 11.3 Å². The minimum Gasteiger partial charge on any atom is -0.530 e. The second-order valence-corrected chi connectivity index (χ2v) is 15.3. The Morgan fingerprint density at radius 2 is 1.88 bits per heavy atom. The lowest BCUT2D eigenvalue weighted by Crippen LogP contribution is -2.61. The monoisotopic (exact) mass is 702 g/mol. The van der Waals surface area contributed by atoms with E-state index < -0.39 is 58.6 Å². The van der Waals surface area contributed by atoms with Gasteiger partial charge in [-0.2, -0.15) is 4.31 Å². The standard InChI is InChI=1S/C34H45N3O11S/c1-22(2)48-32(39)35-14-13-34(3,4)20-36(49(42,43)24-10-11-29-30(17-24)47-21-46-29)18-28(38)26(16-23-8-6-5-7-9-23)37(33(40)41)27-19-45-31-25(27)12-15-44-31/h5-11,17,25-28,31,38H,1,12-16,18-21H2,2-4H3,(H,35,39)(H,40,41)/p-1/t25-,26-,27-,28+,31+/m0/s1. The molecule has 2 N–H and O–H groups in total. The van der Waals surface area contributed by atoms with Gasteiger partial charge >= 0.3 is 6.09 Å². The summed E-state index contributed by atoms with van der Waals surface area (Å²) in [5.74, 6) is 0.627. The molecule has 5 rings (SSSR count). The number of sulfonamides is 1. The molecule has 3 aliphatic rings. The highest BCUT2D eigenvalue weighted by Crippen LogP contribution is 2.38. The molecule has 0 radical (unpaired) electrons. The van der Waals surface area contributed by atoms with Gasteiger partial charge in [-0.05, 0) is 49.3 Å². The first-order chi connectivity index (χ1) is 23.2. The zero-order valence-corrected chi connectivity index (χ0v) is 28.7. The molecule has 15 heteroatoms. The average Bonchev–Trinajstić information content (AvgIpc) is 3.78. The molecule has 2 aromatic rings. The van der Waals surface area contributed by atoms with Crippen molar-refractivity contribution in [3.63, 3.8) is 0 Å². The Balaban J connectivity index is 1.45. The van der Waals surface area contributed by atoms with E-state index in [2.05, 4.69) is 11.9 Å². The van der Waals surface area contributed by atoms with E-state index in [0.29, 0.717) is 25.2 Å². The molecule has 0 unspecified atom stereocenters. The van der Waals surface area contributed by atoms with Crippen molar-refractivity contribution in [2.75, 3.05) is 39.6 Å². The van der Waals surface area contributed by atoms with Crippen LogP contribution in [0.25, 0.3) is 0 Å². The molecule has 5 atom stereocenters. The lowest BCUT2D eigenvalue weighted by molar-refractivity contribution is -0.273. The van der Waals surface area contributed by atoms with Crippen LogP contribution >= 0.6 is 0 Å². The van der Waals surface area contributed by atoms with Crippen molar-refractivity contribution in [3.8, 4) is 11.5 Å². The predicted octanol–water partition coefficient (Wildman–Crippen LogP) is 2.46. The van der Waals surface area contributed by atoms with Crippen LogP contribution in [0.15, 0.2) is 65.8 Å². The van der Waals surface area contributed by atoms with E-state index in [4.69, 9.17) is 23.7 Å². The Labute approximate surface area is 286 Å². The molecule has 2 fully saturated rings. The van der Waals surface area contributed by atoms with Gasteiger partial charge in [0.25, 0.3) is 0 Å². The Morgan fingerprint density at radius 3 is 2.59 bits per heavy atom. The Bertz CT molecular complexity index is 1600. The molecule has 3 aliphatic heterocycles. The number of alkyl carbamates (subject to hydrolysis) is 1. The number of allylic oxidation sites excluding steroid dienone is 1. The number of carbonyl (C=O) groups is 2. The Hall–Kier alpha value is -3.89. The zero-order chi connectivity index (χ0) is 35.3. The van der Waals surface area contributed by atoms with Crippen LogP contribution in [0.2, 0.25) is 0 Å². The molecule has 2 saturated heterocycles. The van der Waals surface area contributed by atoms with E-state index in [1.807, 2.05) is 32.0 Å². The summed E-state index contributed by atoms with van der Waals surface area (Å²) in [4.78, 5) is 26.0. The number of carboxylic acid groups (broad SMARTS) is 1. The van der Waals surface area contributed by atoms with E-state index in [1.165, 1.54) is 18.2 Å². The third kappa shape index (κ3) is 8.83. The third-order valence-electron chi connectivity index (χ3n) is 8.98. The van der Waals surface area contributed by atoms with Gasteiger partial charge in [-0.25, -0.2) is 13.2 Å². The van der Waals surface area contributed by atoms with Gasteiger partial charge in [0.15, 0.2) is 17.8 Å². The van der Waals surface area contributed by atoms with Crippen LogP contribution in [0.4, 0.5) is 9.59 Å². The molecule has 0 aliphatic carbocycles. The van der Waals surface area contributed by atoms with Crippen molar-refractivity contribution in [1.82, 2.24) is 14.5 Å². The fraction of sp³-hybridized carbons (Fsp3) is 0.529. The molecule has 49 heavy (non-hydrogen) atoms. The largest absolute Gasteiger partial charge is 0.530 e. The summed E-state index contributed by atoms with van der Waals surface area (Å²) in [6, 6.07) is 11.6. The number of hydrogen-bond donors (Lipinski definition) is 2. The van der Waals surface area contributed by atoms with Crippen molar-refractivity contribution in [3.05, 3.63) is 66.4 Å². The van der Waals surface area contributed by atoms with Crippen molar-refractivity contribution < 1.29 is 51.9 Å². The number of nitrogens with one attached hydrogen (secondary N) is 1. The maximum Gasteiger partial charge on any atom is 0.412 e. The van der Waals surface area contributed by atoms with Gasteiger partial charge in [0.1, 0.15) is 6.09 Å². The summed E-state index contributed by atoms with van der Waals surface area (Å²) in [5, 5.41) is 27.5. The van der Waals surface area contributed by atoms with Crippen molar-refractivity contribution in [1.29, 1.82) is 0 Å². The van der Waals surface area contributed by atoms with Gasteiger partial charge in [0.2, 0.25) is 16.8 Å². The molecular weight excluding hydrogens is 658 g/mol. The molecule has 268 valence electrons. The average molecular weight is 703 g/mol. The number of benzene rings is 2. The van der Waals surface area contributed by atoms with Crippen LogP contribution in [-0.4, -0.2) is 99.0 Å². The number of rotatable bonds is 15. The molecule has 0 aromatic heterocycles. The fourth-order valence-electron chi connectivity index (χ4n) is 6.54. The van der Waals surface area contributed by atoms with Gasteiger partial charge in [-0.1, -0.05) is 50.8 Å². The van der Waals surface area contributed by atoms with Crippen molar-refractivity contribution in [2.45, 2.75) is 69.4 Å². The maximum absolute atomic E-state index is 14.4. The smallest absolute Gasteiger partial charge is 0.412 e. The lowest BCUT2D eigenvalue weighted by atomic mass is 9.89. The number of aliphatic hydroxyl groups is 1. The van der Waals surface area contributed by atoms with Crippen LogP contribution < -0.4 is 19.9 Å². The summed E-state index contributed by atoms with van der Waals surface area (Å²) in [6.07, 6.45) is -3.25.